The molecule has 2 aromatic rings. The van der Waals surface area contributed by atoms with Crippen molar-refractivity contribution in [3.8, 4) is 5.75 Å². The summed E-state index contributed by atoms with van der Waals surface area (Å²) in [5.41, 5.74) is 4.90. The Morgan fingerprint density at radius 3 is 2.52 bits per heavy atom. The summed E-state index contributed by atoms with van der Waals surface area (Å²) in [5, 5.41) is 3.43. The van der Waals surface area contributed by atoms with E-state index in [4.69, 9.17) is 4.74 Å². The number of hydrogen-bond acceptors (Lipinski definition) is 2. The smallest absolute Gasteiger partial charge is 0.124 e. The van der Waals surface area contributed by atoms with E-state index in [-0.39, 0.29) is 6.04 Å². The Morgan fingerprint density at radius 1 is 1.19 bits per heavy atom. The highest BCUT2D eigenvalue weighted by Gasteiger charge is 2.21. The Labute approximate surface area is 148 Å². The fraction of sp³-hybridized carbons (Fsp3) is 0.294. The van der Waals surface area contributed by atoms with Gasteiger partial charge >= 0.3 is 0 Å². The predicted octanol–water partition coefficient (Wildman–Crippen LogP) is 4.99. The number of ether oxygens (including phenoxy) is 1. The van der Waals surface area contributed by atoms with Crippen molar-refractivity contribution in [1.29, 1.82) is 0 Å². The van der Waals surface area contributed by atoms with Crippen LogP contribution in [0.15, 0.2) is 34.8 Å². The summed E-state index contributed by atoms with van der Waals surface area (Å²) in [6, 6.07) is 10.8. The first kappa shape index (κ1) is 16.8. The lowest BCUT2D eigenvalue weighted by molar-refractivity contribution is 0.404. The van der Waals surface area contributed by atoms with Gasteiger partial charge in [-0.15, -0.1) is 0 Å². The van der Waals surface area contributed by atoms with Crippen LogP contribution in [0.5, 0.6) is 5.75 Å². The molecule has 0 saturated heterocycles. The van der Waals surface area contributed by atoms with E-state index in [0.29, 0.717) is 0 Å². The Bertz CT molecular complexity index is 657. The molecule has 0 bridgehead atoms. The number of rotatable bonds is 4. The predicted molar refractivity (Wildman–Crippen MR) is 100 cm³/mol. The maximum atomic E-state index is 5.63. The molecule has 2 aromatic carbocycles. The van der Waals surface area contributed by atoms with Crippen LogP contribution in [0.1, 0.15) is 28.3 Å². The van der Waals surface area contributed by atoms with E-state index in [1.807, 2.05) is 7.05 Å². The zero-order valence-electron chi connectivity index (χ0n) is 12.6. The average Bonchev–Trinajstić information content (AvgIpc) is 2.44. The second-order valence-corrected chi connectivity index (χ2v) is 7.16. The second kappa shape index (κ2) is 7.11. The molecule has 0 aliphatic heterocycles. The van der Waals surface area contributed by atoms with Crippen LogP contribution >= 0.6 is 38.5 Å². The third kappa shape index (κ3) is 3.60. The van der Waals surface area contributed by atoms with Gasteiger partial charge in [0.15, 0.2) is 0 Å². The zero-order chi connectivity index (χ0) is 15.6. The maximum absolute atomic E-state index is 5.63. The van der Waals surface area contributed by atoms with Crippen LogP contribution in [0.2, 0.25) is 0 Å². The first-order valence-corrected chi connectivity index (χ1v) is 8.62. The van der Waals surface area contributed by atoms with Crippen molar-refractivity contribution in [3.63, 3.8) is 0 Å². The molecule has 2 rings (SSSR count). The van der Waals surface area contributed by atoms with Crippen molar-refractivity contribution in [1.82, 2.24) is 5.32 Å². The Hall–Kier alpha value is -0.590. The van der Waals surface area contributed by atoms with Crippen LogP contribution < -0.4 is 10.1 Å². The molecule has 0 fully saturated rings. The highest BCUT2D eigenvalue weighted by atomic mass is 127. The van der Waals surface area contributed by atoms with E-state index in [9.17, 15) is 0 Å². The minimum absolute atomic E-state index is 0.102. The van der Waals surface area contributed by atoms with E-state index in [2.05, 4.69) is 88.0 Å². The molecule has 0 radical (unpaired) electrons. The molecular weight excluding hydrogens is 441 g/mol. The monoisotopic (exact) mass is 459 g/mol. The molecule has 1 N–H and O–H groups in total. The highest BCUT2D eigenvalue weighted by molar-refractivity contribution is 14.1. The molecule has 0 aromatic heterocycles. The molecule has 0 heterocycles. The minimum Gasteiger partial charge on any atom is -0.496 e. The topological polar surface area (TPSA) is 21.3 Å². The molecule has 21 heavy (non-hydrogen) atoms. The van der Waals surface area contributed by atoms with Gasteiger partial charge in [0.2, 0.25) is 0 Å². The third-order valence-corrected chi connectivity index (χ3v) is 5.04. The lowest BCUT2D eigenvalue weighted by atomic mass is 9.93. The fourth-order valence-electron chi connectivity index (χ4n) is 2.67. The van der Waals surface area contributed by atoms with Crippen molar-refractivity contribution in [3.05, 3.63) is 60.6 Å². The number of hydrogen-bond donors (Lipinski definition) is 1. The van der Waals surface area contributed by atoms with Crippen molar-refractivity contribution < 1.29 is 4.74 Å². The van der Waals surface area contributed by atoms with Crippen molar-refractivity contribution in [2.24, 2.45) is 0 Å². The summed E-state index contributed by atoms with van der Waals surface area (Å²) in [6.07, 6.45) is 0. The van der Waals surface area contributed by atoms with Crippen LogP contribution in [0.3, 0.4) is 0 Å². The largest absolute Gasteiger partial charge is 0.496 e. The van der Waals surface area contributed by atoms with Gasteiger partial charge < -0.3 is 10.1 Å². The molecular formula is C17H19BrINO. The van der Waals surface area contributed by atoms with Crippen molar-refractivity contribution in [2.45, 2.75) is 19.9 Å². The SMILES string of the molecule is CNC(c1cc(Br)ccc1I)c1c(C)cc(C)cc1OC. The van der Waals surface area contributed by atoms with Crippen molar-refractivity contribution >= 4 is 38.5 Å². The number of nitrogens with one attached hydrogen (secondary N) is 1. The average molecular weight is 460 g/mol. The normalized spacial score (nSPS) is 12.3. The molecule has 0 saturated carbocycles. The van der Waals surface area contributed by atoms with Gasteiger partial charge in [0.05, 0.1) is 13.2 Å². The summed E-state index contributed by atoms with van der Waals surface area (Å²) in [7, 11) is 3.72. The van der Waals surface area contributed by atoms with Crippen LogP contribution in [0.25, 0.3) is 0 Å². The van der Waals surface area contributed by atoms with E-state index in [1.165, 1.54) is 25.8 Å². The van der Waals surface area contributed by atoms with E-state index in [1.54, 1.807) is 7.11 Å². The van der Waals surface area contributed by atoms with E-state index < -0.39 is 0 Å². The van der Waals surface area contributed by atoms with Gasteiger partial charge in [-0.1, -0.05) is 22.0 Å². The Morgan fingerprint density at radius 2 is 1.90 bits per heavy atom. The van der Waals surface area contributed by atoms with Crippen LogP contribution in [0.4, 0.5) is 0 Å². The summed E-state index contributed by atoms with van der Waals surface area (Å²) >= 11 is 5.95. The molecule has 0 spiro atoms. The van der Waals surface area contributed by atoms with Gasteiger partial charge in [-0.2, -0.15) is 0 Å². The summed E-state index contributed by atoms with van der Waals surface area (Å²) in [4.78, 5) is 0. The zero-order valence-corrected chi connectivity index (χ0v) is 16.4. The molecule has 0 amide bonds. The molecule has 0 aliphatic carbocycles. The van der Waals surface area contributed by atoms with Gasteiger partial charge in [-0.05, 0) is 84.4 Å². The molecule has 4 heteroatoms. The van der Waals surface area contributed by atoms with Crippen LogP contribution in [0, 0.1) is 17.4 Å². The van der Waals surface area contributed by atoms with Crippen molar-refractivity contribution in [2.75, 3.05) is 14.2 Å². The molecule has 0 aliphatic rings. The lowest BCUT2D eigenvalue weighted by Crippen LogP contribution is -2.20. The summed E-state index contributed by atoms with van der Waals surface area (Å²) < 4.78 is 7.95. The van der Waals surface area contributed by atoms with E-state index >= 15 is 0 Å². The highest BCUT2D eigenvalue weighted by Crippen LogP contribution is 2.36. The lowest BCUT2D eigenvalue weighted by Gasteiger charge is -2.24. The summed E-state index contributed by atoms with van der Waals surface area (Å²) in [6.45, 7) is 4.23. The summed E-state index contributed by atoms with van der Waals surface area (Å²) in [5.74, 6) is 0.933. The second-order valence-electron chi connectivity index (χ2n) is 5.09. The van der Waals surface area contributed by atoms with Gasteiger partial charge in [0.25, 0.3) is 0 Å². The van der Waals surface area contributed by atoms with Gasteiger partial charge in [-0.25, -0.2) is 0 Å². The van der Waals surface area contributed by atoms with Gasteiger partial charge in [-0.3, -0.25) is 0 Å². The fourth-order valence-corrected chi connectivity index (χ4v) is 3.70. The number of aryl methyl sites for hydroxylation is 2. The number of benzene rings is 2. The van der Waals surface area contributed by atoms with Crippen LogP contribution in [-0.2, 0) is 0 Å². The first-order valence-electron chi connectivity index (χ1n) is 6.75. The first-order chi connectivity index (χ1) is 9.97. The number of methoxy groups -OCH3 is 1. The van der Waals surface area contributed by atoms with Crippen LogP contribution in [-0.4, -0.2) is 14.2 Å². The van der Waals surface area contributed by atoms with Gasteiger partial charge in [0, 0.05) is 13.6 Å². The van der Waals surface area contributed by atoms with Gasteiger partial charge in [0.1, 0.15) is 5.75 Å². The Balaban J connectivity index is 2.64. The Kier molecular flexibility index (Phi) is 5.68. The molecule has 1 atom stereocenters. The van der Waals surface area contributed by atoms with E-state index in [0.717, 1.165) is 10.2 Å². The molecule has 2 nitrogen and oxygen atoms in total. The molecule has 1 unspecified atom stereocenters. The third-order valence-electron chi connectivity index (χ3n) is 3.56. The molecule has 112 valence electrons. The quantitative estimate of drug-likeness (QED) is 0.650. The maximum Gasteiger partial charge on any atom is 0.124 e. The number of halogens is 2. The minimum atomic E-state index is 0.102. The standard InChI is InChI=1S/C17H19BrINO/c1-10-7-11(2)16(15(8-10)21-4)17(20-3)13-9-12(18)5-6-14(13)19/h5-9,17,20H,1-4H3.